The zero-order valence-corrected chi connectivity index (χ0v) is 11.5. The molecule has 0 saturated carbocycles. The monoisotopic (exact) mass is 252 g/mol. The Hall–Kier alpha value is -0.290. The fraction of sp³-hybridized carbons (Fsp3) is 1.00. The van der Waals surface area contributed by atoms with Gasteiger partial charge in [0.15, 0.2) is 0 Å². The van der Waals surface area contributed by atoms with Crippen LogP contribution < -0.4 is 0 Å². The lowest BCUT2D eigenvalue weighted by atomic mass is 9.95. The Labute approximate surface area is 102 Å². The maximum Gasteiger partial charge on any atom is 0.459 e. The number of rotatable bonds is 1. The van der Waals surface area contributed by atoms with Crippen LogP contribution in [0, 0.1) is 0 Å². The molecule has 1 heterocycles. The Morgan fingerprint density at radius 3 is 1.94 bits per heavy atom. The van der Waals surface area contributed by atoms with Crippen molar-refractivity contribution < 1.29 is 13.2 Å². The minimum absolute atomic E-state index is 0.106. The van der Waals surface area contributed by atoms with E-state index < -0.39 is 12.3 Å². The molecule has 17 heavy (non-hydrogen) atoms. The summed E-state index contributed by atoms with van der Waals surface area (Å²) in [5, 5.41) is 0. The average Bonchev–Trinajstić information content (AvgIpc) is 2.37. The van der Waals surface area contributed by atoms with Crippen molar-refractivity contribution in [2.24, 2.45) is 0 Å². The van der Waals surface area contributed by atoms with Gasteiger partial charge in [0.05, 0.1) is 0 Å². The smallest absolute Gasteiger partial charge is 0.292 e. The number of nitrogens with zero attached hydrogens (tertiary/aromatic N) is 2. The Bertz CT molecular complexity index is 278. The molecule has 0 bridgehead atoms. The second kappa shape index (κ2) is 4.12. The Morgan fingerprint density at radius 2 is 1.65 bits per heavy atom. The van der Waals surface area contributed by atoms with Gasteiger partial charge in [0.1, 0.15) is 0 Å². The third kappa shape index (κ3) is 3.13. The Kier molecular flexibility index (Phi) is 3.58. The lowest BCUT2D eigenvalue weighted by molar-refractivity contribution is -0.248. The highest BCUT2D eigenvalue weighted by Gasteiger charge is 2.49. The van der Waals surface area contributed by atoms with E-state index in [2.05, 4.69) is 4.90 Å². The van der Waals surface area contributed by atoms with Gasteiger partial charge in [-0.25, -0.2) is 4.90 Å². The normalized spacial score (nSPS) is 26.8. The molecule has 0 radical (unpaired) electrons. The van der Waals surface area contributed by atoms with E-state index in [1.165, 1.54) is 0 Å². The molecule has 1 aliphatic heterocycles. The topological polar surface area (TPSA) is 6.48 Å². The van der Waals surface area contributed by atoms with Crippen molar-refractivity contribution in [3.63, 3.8) is 0 Å². The summed E-state index contributed by atoms with van der Waals surface area (Å²) in [5.41, 5.74) is -0.298. The first kappa shape index (κ1) is 14.8. The zero-order chi connectivity index (χ0) is 13.6. The van der Waals surface area contributed by atoms with Crippen LogP contribution in [0.1, 0.15) is 41.0 Å². The van der Waals surface area contributed by atoms with Crippen molar-refractivity contribution in [3.05, 3.63) is 0 Å². The fourth-order valence-electron chi connectivity index (χ4n) is 2.86. The van der Waals surface area contributed by atoms with Gasteiger partial charge in [-0.2, -0.15) is 13.2 Å². The zero-order valence-electron chi connectivity index (χ0n) is 11.5. The van der Waals surface area contributed by atoms with Gasteiger partial charge in [0.25, 0.3) is 0 Å². The second-order valence-corrected chi connectivity index (χ2v) is 6.53. The molecule has 1 saturated heterocycles. The van der Waals surface area contributed by atoms with Gasteiger partial charge in [-0.05, 0) is 48.1 Å². The predicted molar refractivity (Wildman–Crippen MR) is 62.8 cm³/mol. The average molecular weight is 252 g/mol. The number of hydrogen-bond acceptors (Lipinski definition) is 2. The predicted octanol–water partition coefficient (Wildman–Crippen LogP) is 3.09. The highest BCUT2D eigenvalue weighted by atomic mass is 19.4. The molecule has 1 aliphatic rings. The molecule has 0 aliphatic carbocycles. The van der Waals surface area contributed by atoms with Crippen LogP contribution in [0.5, 0.6) is 0 Å². The molecule has 0 amide bonds. The molecule has 1 rings (SSSR count). The van der Waals surface area contributed by atoms with Crippen LogP contribution in [0.15, 0.2) is 0 Å². The van der Waals surface area contributed by atoms with Crippen molar-refractivity contribution in [1.29, 1.82) is 0 Å². The SMILES string of the molecule is CN([C@@H]1CN(C(C)(C)C)C(C)(C)C1)C(F)(F)F. The minimum Gasteiger partial charge on any atom is -0.292 e. The van der Waals surface area contributed by atoms with E-state index >= 15 is 0 Å². The highest BCUT2D eigenvalue weighted by molar-refractivity contribution is 5.01. The van der Waals surface area contributed by atoms with Gasteiger partial charge in [-0.1, -0.05) is 0 Å². The summed E-state index contributed by atoms with van der Waals surface area (Å²) in [5.74, 6) is 0. The lowest BCUT2D eigenvalue weighted by Crippen LogP contribution is -2.50. The maximum absolute atomic E-state index is 12.7. The van der Waals surface area contributed by atoms with E-state index in [-0.39, 0.29) is 11.1 Å². The van der Waals surface area contributed by atoms with Crippen LogP contribution in [0.4, 0.5) is 13.2 Å². The molecule has 0 spiro atoms. The standard InChI is InChI=1S/C12H23F3N2/c1-10(2,3)17-8-9(7-11(17,4)5)16(6)12(13,14)15/h9H,7-8H2,1-6H3/t9-/m0/s1. The number of halogens is 3. The summed E-state index contributed by atoms with van der Waals surface area (Å²) in [7, 11) is 1.15. The van der Waals surface area contributed by atoms with Gasteiger partial charge in [-0.3, -0.25) is 4.90 Å². The van der Waals surface area contributed by atoms with Gasteiger partial charge in [0, 0.05) is 23.7 Å². The first-order chi connectivity index (χ1) is 7.36. The number of likely N-dealkylation sites (tertiary alicyclic amines) is 1. The molecule has 2 nitrogen and oxygen atoms in total. The van der Waals surface area contributed by atoms with Crippen LogP contribution in [-0.4, -0.2) is 46.8 Å². The number of alkyl halides is 3. The summed E-state index contributed by atoms with van der Waals surface area (Å²) >= 11 is 0. The molecule has 1 fully saturated rings. The van der Waals surface area contributed by atoms with Crippen molar-refractivity contribution in [2.75, 3.05) is 13.6 Å². The minimum atomic E-state index is -4.24. The Balaban J connectivity index is 2.86. The van der Waals surface area contributed by atoms with Gasteiger partial charge in [0.2, 0.25) is 0 Å². The van der Waals surface area contributed by atoms with Crippen molar-refractivity contribution in [3.8, 4) is 0 Å². The molecular formula is C12H23F3N2. The summed E-state index contributed by atoms with van der Waals surface area (Å²) in [4.78, 5) is 2.70. The molecule has 102 valence electrons. The Morgan fingerprint density at radius 1 is 1.18 bits per heavy atom. The van der Waals surface area contributed by atoms with Crippen LogP contribution >= 0.6 is 0 Å². The third-order valence-corrected chi connectivity index (χ3v) is 3.62. The van der Waals surface area contributed by atoms with Gasteiger partial charge < -0.3 is 0 Å². The van der Waals surface area contributed by atoms with Gasteiger partial charge >= 0.3 is 6.30 Å². The quantitative estimate of drug-likeness (QED) is 0.662. The van der Waals surface area contributed by atoms with E-state index in [1.54, 1.807) is 0 Å². The molecule has 0 aromatic heterocycles. The van der Waals surface area contributed by atoms with Crippen molar-refractivity contribution >= 4 is 0 Å². The molecule has 0 aromatic rings. The summed E-state index contributed by atoms with van der Waals surface area (Å²) in [6.07, 6.45) is -3.70. The van der Waals surface area contributed by atoms with E-state index in [1.807, 2.05) is 34.6 Å². The van der Waals surface area contributed by atoms with E-state index in [4.69, 9.17) is 0 Å². The van der Waals surface area contributed by atoms with Crippen molar-refractivity contribution in [1.82, 2.24) is 9.80 Å². The van der Waals surface area contributed by atoms with E-state index in [0.29, 0.717) is 17.9 Å². The van der Waals surface area contributed by atoms with E-state index in [0.717, 1.165) is 7.05 Å². The summed E-state index contributed by atoms with van der Waals surface area (Å²) in [6.45, 7) is 10.6. The lowest BCUT2D eigenvalue weighted by Gasteiger charge is -2.42. The van der Waals surface area contributed by atoms with E-state index in [9.17, 15) is 13.2 Å². The van der Waals surface area contributed by atoms with Crippen LogP contribution in [0.3, 0.4) is 0 Å². The first-order valence-electron chi connectivity index (χ1n) is 5.93. The second-order valence-electron chi connectivity index (χ2n) is 6.53. The maximum atomic E-state index is 12.7. The highest BCUT2D eigenvalue weighted by Crippen LogP contribution is 2.38. The fourth-order valence-corrected chi connectivity index (χ4v) is 2.86. The molecule has 5 heteroatoms. The molecular weight excluding hydrogens is 229 g/mol. The van der Waals surface area contributed by atoms with Crippen molar-refractivity contribution in [2.45, 2.75) is 64.5 Å². The molecule has 0 aromatic carbocycles. The first-order valence-corrected chi connectivity index (χ1v) is 5.93. The number of hydrogen-bond donors (Lipinski definition) is 0. The van der Waals surface area contributed by atoms with Crippen LogP contribution in [-0.2, 0) is 0 Å². The van der Waals surface area contributed by atoms with Crippen LogP contribution in [0.25, 0.3) is 0 Å². The largest absolute Gasteiger partial charge is 0.459 e. The summed E-state index contributed by atoms with van der Waals surface area (Å²) < 4.78 is 38.1. The molecule has 1 atom stereocenters. The molecule has 0 unspecified atom stereocenters. The molecule has 0 N–H and O–H groups in total. The summed E-state index contributed by atoms with van der Waals surface area (Å²) in [6, 6.07) is -0.454. The number of likely N-dealkylation sites (N-methyl/N-ethyl adjacent to an activating group) is 1. The van der Waals surface area contributed by atoms with Gasteiger partial charge in [-0.15, -0.1) is 0 Å². The third-order valence-electron chi connectivity index (χ3n) is 3.62. The van der Waals surface area contributed by atoms with Crippen LogP contribution in [0.2, 0.25) is 0 Å².